The first-order valence-corrected chi connectivity index (χ1v) is 6.01. The van der Waals surface area contributed by atoms with Crippen molar-refractivity contribution in [2.75, 3.05) is 19.7 Å². The second kappa shape index (κ2) is 4.98. The highest BCUT2D eigenvalue weighted by molar-refractivity contribution is 14.1. The Balaban J connectivity index is 1.85. The molecular formula is C11H14INO. The first kappa shape index (κ1) is 10.2. The lowest BCUT2D eigenvalue weighted by Crippen LogP contribution is -2.15. The molecule has 1 aliphatic heterocycles. The molecule has 1 aromatic rings. The van der Waals surface area contributed by atoms with Gasteiger partial charge in [0.2, 0.25) is 0 Å². The summed E-state index contributed by atoms with van der Waals surface area (Å²) >= 11 is 2.30. The Morgan fingerprint density at radius 2 is 2.43 bits per heavy atom. The van der Waals surface area contributed by atoms with Gasteiger partial charge in [0.25, 0.3) is 0 Å². The fraction of sp³-hybridized carbons (Fsp3) is 0.455. The molecule has 1 atom stereocenters. The second-order valence-corrected chi connectivity index (χ2v) is 4.87. The summed E-state index contributed by atoms with van der Waals surface area (Å²) in [5.74, 6) is 1.68. The highest BCUT2D eigenvalue weighted by Gasteiger charge is 2.14. The van der Waals surface area contributed by atoms with E-state index in [9.17, 15) is 0 Å². The zero-order chi connectivity index (χ0) is 9.80. The van der Waals surface area contributed by atoms with Gasteiger partial charge in [-0.05, 0) is 53.8 Å². The largest absolute Gasteiger partial charge is 0.493 e. The average molecular weight is 303 g/mol. The lowest BCUT2D eigenvalue weighted by atomic mass is 10.1. The molecule has 1 fully saturated rings. The van der Waals surface area contributed by atoms with E-state index in [1.54, 1.807) is 0 Å². The number of nitrogens with one attached hydrogen (secondary N) is 1. The van der Waals surface area contributed by atoms with Crippen LogP contribution in [0.3, 0.4) is 0 Å². The van der Waals surface area contributed by atoms with Crippen LogP contribution in [0.2, 0.25) is 0 Å². The van der Waals surface area contributed by atoms with Crippen LogP contribution < -0.4 is 10.1 Å². The van der Waals surface area contributed by atoms with Crippen LogP contribution >= 0.6 is 22.6 Å². The SMILES string of the molecule is Ic1cccc(OC[C@@H]2CCNC2)c1. The van der Waals surface area contributed by atoms with Crippen molar-refractivity contribution in [3.05, 3.63) is 27.8 Å². The minimum absolute atomic E-state index is 0.688. The smallest absolute Gasteiger partial charge is 0.120 e. The molecule has 2 nitrogen and oxygen atoms in total. The zero-order valence-electron chi connectivity index (χ0n) is 8.00. The van der Waals surface area contributed by atoms with Crippen LogP contribution in [0.15, 0.2) is 24.3 Å². The summed E-state index contributed by atoms with van der Waals surface area (Å²) < 4.78 is 6.95. The molecule has 76 valence electrons. The van der Waals surface area contributed by atoms with Gasteiger partial charge >= 0.3 is 0 Å². The molecular weight excluding hydrogens is 289 g/mol. The average Bonchev–Trinajstić information content (AvgIpc) is 2.67. The number of halogens is 1. The summed E-state index contributed by atoms with van der Waals surface area (Å²) in [5.41, 5.74) is 0. The molecule has 0 unspecified atom stereocenters. The maximum atomic E-state index is 5.73. The third-order valence-corrected chi connectivity index (χ3v) is 3.12. The molecule has 0 aromatic heterocycles. The van der Waals surface area contributed by atoms with E-state index in [0.29, 0.717) is 5.92 Å². The van der Waals surface area contributed by atoms with Gasteiger partial charge in [0.1, 0.15) is 5.75 Å². The van der Waals surface area contributed by atoms with Gasteiger partial charge in [-0.15, -0.1) is 0 Å². The summed E-state index contributed by atoms with van der Waals surface area (Å²) in [6, 6.07) is 8.20. The minimum atomic E-state index is 0.688. The first-order chi connectivity index (χ1) is 6.84. The third kappa shape index (κ3) is 2.85. The van der Waals surface area contributed by atoms with Gasteiger partial charge in [-0.3, -0.25) is 0 Å². The van der Waals surface area contributed by atoms with E-state index < -0.39 is 0 Å². The van der Waals surface area contributed by atoms with Crippen LogP contribution in [-0.4, -0.2) is 19.7 Å². The molecule has 1 saturated heterocycles. The van der Waals surface area contributed by atoms with Gasteiger partial charge in [0, 0.05) is 16.0 Å². The van der Waals surface area contributed by atoms with Gasteiger partial charge in [-0.1, -0.05) is 6.07 Å². The van der Waals surface area contributed by atoms with E-state index in [0.717, 1.165) is 25.4 Å². The molecule has 14 heavy (non-hydrogen) atoms. The summed E-state index contributed by atoms with van der Waals surface area (Å²) in [7, 11) is 0. The van der Waals surface area contributed by atoms with Crippen LogP contribution in [0.1, 0.15) is 6.42 Å². The topological polar surface area (TPSA) is 21.3 Å². The molecule has 0 aliphatic carbocycles. The summed E-state index contributed by atoms with van der Waals surface area (Å²) in [6.45, 7) is 3.08. The highest BCUT2D eigenvalue weighted by atomic mass is 127. The predicted molar refractivity (Wildman–Crippen MR) is 65.6 cm³/mol. The number of ether oxygens (including phenoxy) is 1. The molecule has 3 heteroatoms. The Bertz CT molecular complexity index is 297. The molecule has 1 aromatic carbocycles. The standard InChI is InChI=1S/C11H14INO/c12-10-2-1-3-11(6-10)14-8-9-4-5-13-7-9/h1-3,6,9,13H,4-5,7-8H2/t9-/m1/s1. The van der Waals surface area contributed by atoms with Crippen LogP contribution in [0.4, 0.5) is 0 Å². The van der Waals surface area contributed by atoms with Crippen molar-refractivity contribution in [3.63, 3.8) is 0 Å². The highest BCUT2D eigenvalue weighted by Crippen LogP contribution is 2.16. The third-order valence-electron chi connectivity index (χ3n) is 2.44. The number of benzene rings is 1. The lowest BCUT2D eigenvalue weighted by molar-refractivity contribution is 0.260. The predicted octanol–water partition coefficient (Wildman–Crippen LogP) is 2.28. The van der Waals surface area contributed by atoms with Crippen LogP contribution in [0.5, 0.6) is 5.75 Å². The van der Waals surface area contributed by atoms with Crippen molar-refractivity contribution in [2.45, 2.75) is 6.42 Å². The summed E-state index contributed by atoms with van der Waals surface area (Å²) in [4.78, 5) is 0. The van der Waals surface area contributed by atoms with E-state index in [-0.39, 0.29) is 0 Å². The fourth-order valence-electron chi connectivity index (χ4n) is 1.63. The molecule has 0 spiro atoms. The van der Waals surface area contributed by atoms with Crippen molar-refractivity contribution in [1.82, 2.24) is 5.32 Å². The molecule has 1 heterocycles. The second-order valence-electron chi connectivity index (χ2n) is 3.63. The molecule has 1 aliphatic rings. The Kier molecular flexibility index (Phi) is 3.64. The molecule has 0 bridgehead atoms. The van der Waals surface area contributed by atoms with Crippen LogP contribution in [-0.2, 0) is 0 Å². The van der Waals surface area contributed by atoms with E-state index in [4.69, 9.17) is 4.74 Å². The molecule has 0 radical (unpaired) electrons. The van der Waals surface area contributed by atoms with Gasteiger partial charge in [0.15, 0.2) is 0 Å². The minimum Gasteiger partial charge on any atom is -0.493 e. The molecule has 0 saturated carbocycles. The normalized spacial score (nSPS) is 21.1. The quantitative estimate of drug-likeness (QED) is 0.865. The van der Waals surface area contributed by atoms with E-state index in [2.05, 4.69) is 40.0 Å². The van der Waals surface area contributed by atoms with Crippen molar-refractivity contribution in [2.24, 2.45) is 5.92 Å². The fourth-order valence-corrected chi connectivity index (χ4v) is 2.14. The Morgan fingerprint density at radius 3 is 3.14 bits per heavy atom. The van der Waals surface area contributed by atoms with Crippen LogP contribution in [0.25, 0.3) is 0 Å². The van der Waals surface area contributed by atoms with Crippen molar-refractivity contribution in [1.29, 1.82) is 0 Å². The van der Waals surface area contributed by atoms with Crippen molar-refractivity contribution in [3.8, 4) is 5.75 Å². The molecule has 2 rings (SSSR count). The number of rotatable bonds is 3. The van der Waals surface area contributed by atoms with Crippen molar-refractivity contribution < 1.29 is 4.74 Å². The Morgan fingerprint density at radius 1 is 1.50 bits per heavy atom. The van der Waals surface area contributed by atoms with E-state index >= 15 is 0 Å². The maximum Gasteiger partial charge on any atom is 0.120 e. The Hall–Kier alpha value is -0.290. The summed E-state index contributed by atoms with van der Waals surface area (Å²) in [5, 5.41) is 3.34. The van der Waals surface area contributed by atoms with Gasteiger partial charge in [-0.25, -0.2) is 0 Å². The van der Waals surface area contributed by atoms with E-state index in [1.807, 2.05) is 12.1 Å². The summed E-state index contributed by atoms with van der Waals surface area (Å²) in [6.07, 6.45) is 1.24. The number of hydrogen-bond acceptors (Lipinski definition) is 2. The maximum absolute atomic E-state index is 5.73. The lowest BCUT2D eigenvalue weighted by Gasteiger charge is -2.10. The van der Waals surface area contributed by atoms with Crippen molar-refractivity contribution >= 4 is 22.6 Å². The van der Waals surface area contributed by atoms with E-state index in [1.165, 1.54) is 9.99 Å². The monoisotopic (exact) mass is 303 g/mol. The Labute approximate surface area is 98.2 Å². The van der Waals surface area contributed by atoms with Gasteiger partial charge in [-0.2, -0.15) is 0 Å². The number of hydrogen-bond donors (Lipinski definition) is 1. The molecule has 1 N–H and O–H groups in total. The van der Waals surface area contributed by atoms with Gasteiger partial charge in [0.05, 0.1) is 6.61 Å². The van der Waals surface area contributed by atoms with Crippen LogP contribution in [0, 0.1) is 9.49 Å². The van der Waals surface area contributed by atoms with Gasteiger partial charge < -0.3 is 10.1 Å². The first-order valence-electron chi connectivity index (χ1n) is 4.94. The zero-order valence-corrected chi connectivity index (χ0v) is 10.2. The molecule has 0 amide bonds.